The molecule has 2 atom stereocenters. The Bertz CT molecular complexity index is 795. The van der Waals surface area contributed by atoms with Crippen molar-refractivity contribution in [1.29, 1.82) is 0 Å². The first-order valence-electron chi connectivity index (χ1n) is 8.71. The number of carbonyl (C=O) groups is 3. The van der Waals surface area contributed by atoms with Crippen LogP contribution in [-0.2, 0) is 27.4 Å². The van der Waals surface area contributed by atoms with Gasteiger partial charge in [0.2, 0.25) is 11.8 Å². The molecule has 0 saturated carbocycles. The van der Waals surface area contributed by atoms with E-state index in [0.29, 0.717) is 13.0 Å². The van der Waals surface area contributed by atoms with Crippen LogP contribution in [0.15, 0.2) is 60.7 Å². The molecule has 0 spiro atoms. The summed E-state index contributed by atoms with van der Waals surface area (Å²) in [6, 6.07) is 17.2. The van der Waals surface area contributed by atoms with Crippen molar-refractivity contribution < 1.29 is 19.1 Å². The molecule has 7 heteroatoms. The van der Waals surface area contributed by atoms with Gasteiger partial charge in [-0.15, -0.1) is 0 Å². The smallest absolute Gasteiger partial charge is 0.408 e. The SMILES string of the molecule is O=C(N[C@@H](Cc1ccccc1)C(=O)N[C@H]1CNC1=O)OCc1ccccc1. The maximum Gasteiger partial charge on any atom is 0.408 e. The molecule has 0 bridgehead atoms. The van der Waals surface area contributed by atoms with E-state index in [9.17, 15) is 14.4 Å². The lowest BCUT2D eigenvalue weighted by molar-refractivity contribution is -0.134. The standard InChI is InChI=1S/C20H21N3O4/c24-18-17(12-21-18)22-19(25)16(11-14-7-3-1-4-8-14)23-20(26)27-13-15-9-5-2-6-10-15/h1-10,16-17H,11-13H2,(H,21,24)(H,22,25)(H,23,26)/t16-,17-/m0/s1. The van der Waals surface area contributed by atoms with Crippen molar-refractivity contribution in [2.24, 2.45) is 0 Å². The van der Waals surface area contributed by atoms with Crippen molar-refractivity contribution in [3.8, 4) is 0 Å². The Labute approximate surface area is 157 Å². The molecule has 1 aliphatic heterocycles. The van der Waals surface area contributed by atoms with Crippen LogP contribution in [-0.4, -0.2) is 36.5 Å². The Morgan fingerprint density at radius 3 is 2.22 bits per heavy atom. The maximum absolute atomic E-state index is 12.5. The number of nitrogens with one attached hydrogen (secondary N) is 3. The van der Waals surface area contributed by atoms with Crippen LogP contribution in [0.1, 0.15) is 11.1 Å². The lowest BCUT2D eigenvalue weighted by Crippen LogP contribution is -2.64. The first-order valence-corrected chi connectivity index (χ1v) is 8.71. The summed E-state index contributed by atoms with van der Waals surface area (Å²) in [5.41, 5.74) is 1.74. The molecule has 27 heavy (non-hydrogen) atoms. The van der Waals surface area contributed by atoms with E-state index in [2.05, 4.69) is 16.0 Å². The second kappa shape index (κ2) is 8.84. The molecule has 0 radical (unpaired) electrons. The molecule has 3 amide bonds. The van der Waals surface area contributed by atoms with E-state index >= 15 is 0 Å². The van der Waals surface area contributed by atoms with Gasteiger partial charge >= 0.3 is 6.09 Å². The van der Waals surface area contributed by atoms with Crippen molar-refractivity contribution in [1.82, 2.24) is 16.0 Å². The van der Waals surface area contributed by atoms with E-state index in [4.69, 9.17) is 4.74 Å². The minimum atomic E-state index is -0.843. The molecule has 0 aromatic heterocycles. The number of alkyl carbamates (subject to hydrolysis) is 1. The number of ether oxygens (including phenoxy) is 1. The molecule has 3 N–H and O–H groups in total. The van der Waals surface area contributed by atoms with Gasteiger partial charge in [0.15, 0.2) is 0 Å². The van der Waals surface area contributed by atoms with Crippen LogP contribution in [0.2, 0.25) is 0 Å². The lowest BCUT2D eigenvalue weighted by atomic mass is 10.0. The first-order chi connectivity index (χ1) is 13.1. The highest BCUT2D eigenvalue weighted by Gasteiger charge is 2.32. The van der Waals surface area contributed by atoms with Crippen LogP contribution in [0.3, 0.4) is 0 Å². The van der Waals surface area contributed by atoms with E-state index in [0.717, 1.165) is 11.1 Å². The fourth-order valence-electron chi connectivity index (χ4n) is 2.64. The van der Waals surface area contributed by atoms with Crippen molar-refractivity contribution in [2.75, 3.05) is 6.54 Å². The average Bonchev–Trinajstić information content (AvgIpc) is 2.70. The molecule has 0 aliphatic carbocycles. The molecule has 1 fully saturated rings. The summed E-state index contributed by atoms with van der Waals surface area (Å²) in [7, 11) is 0. The topological polar surface area (TPSA) is 96.5 Å². The quantitative estimate of drug-likeness (QED) is 0.640. The number of β-lactam (4-membered cyclic amide) rings is 1. The van der Waals surface area contributed by atoms with Gasteiger partial charge in [-0.2, -0.15) is 0 Å². The maximum atomic E-state index is 12.5. The highest BCUT2D eigenvalue weighted by Crippen LogP contribution is 2.06. The number of hydrogen-bond donors (Lipinski definition) is 3. The van der Waals surface area contributed by atoms with Crippen LogP contribution in [0, 0.1) is 0 Å². The predicted octanol–water partition coefficient (Wildman–Crippen LogP) is 1.14. The molecule has 1 heterocycles. The third-order valence-corrected chi connectivity index (χ3v) is 4.22. The van der Waals surface area contributed by atoms with Crippen LogP contribution in [0.5, 0.6) is 0 Å². The largest absolute Gasteiger partial charge is 0.445 e. The van der Waals surface area contributed by atoms with Crippen LogP contribution in [0.4, 0.5) is 4.79 Å². The summed E-state index contributed by atoms with van der Waals surface area (Å²) in [6.07, 6.45) is -0.394. The molecule has 0 unspecified atom stereocenters. The summed E-state index contributed by atoms with van der Waals surface area (Å²) >= 11 is 0. The zero-order valence-corrected chi connectivity index (χ0v) is 14.7. The molecule has 2 aromatic rings. The van der Waals surface area contributed by atoms with Crippen molar-refractivity contribution in [3.63, 3.8) is 0 Å². The molecule has 1 saturated heterocycles. The second-order valence-electron chi connectivity index (χ2n) is 6.25. The van der Waals surface area contributed by atoms with Crippen LogP contribution in [0.25, 0.3) is 0 Å². The van der Waals surface area contributed by atoms with Gasteiger partial charge in [0, 0.05) is 13.0 Å². The van der Waals surface area contributed by atoms with Gasteiger partial charge in [0.25, 0.3) is 0 Å². The fraction of sp³-hybridized carbons (Fsp3) is 0.250. The minimum absolute atomic E-state index is 0.109. The van der Waals surface area contributed by atoms with E-state index in [1.807, 2.05) is 60.7 Å². The molecule has 7 nitrogen and oxygen atoms in total. The Morgan fingerprint density at radius 1 is 1.04 bits per heavy atom. The molecule has 2 aromatic carbocycles. The Hall–Kier alpha value is -3.35. The second-order valence-corrected chi connectivity index (χ2v) is 6.25. The minimum Gasteiger partial charge on any atom is -0.445 e. The molecule has 3 rings (SSSR count). The van der Waals surface area contributed by atoms with E-state index in [1.54, 1.807) is 0 Å². The van der Waals surface area contributed by atoms with Gasteiger partial charge in [-0.1, -0.05) is 60.7 Å². The van der Waals surface area contributed by atoms with Crippen molar-refractivity contribution >= 4 is 17.9 Å². The summed E-state index contributed by atoms with van der Waals surface area (Å²) in [6.45, 7) is 0.498. The number of benzene rings is 2. The third-order valence-electron chi connectivity index (χ3n) is 4.22. The Morgan fingerprint density at radius 2 is 1.67 bits per heavy atom. The Balaban J connectivity index is 1.60. The van der Waals surface area contributed by atoms with Gasteiger partial charge in [0.1, 0.15) is 18.7 Å². The molecular weight excluding hydrogens is 346 g/mol. The number of hydrogen-bond acceptors (Lipinski definition) is 4. The van der Waals surface area contributed by atoms with Gasteiger partial charge in [-0.3, -0.25) is 9.59 Å². The van der Waals surface area contributed by atoms with E-state index in [-0.39, 0.29) is 12.5 Å². The van der Waals surface area contributed by atoms with Crippen LogP contribution < -0.4 is 16.0 Å². The third kappa shape index (κ3) is 5.31. The van der Waals surface area contributed by atoms with E-state index < -0.39 is 24.1 Å². The normalized spacial score (nSPS) is 16.4. The summed E-state index contributed by atoms with van der Waals surface area (Å²) in [5.74, 6) is -0.649. The monoisotopic (exact) mass is 367 g/mol. The van der Waals surface area contributed by atoms with Gasteiger partial charge in [-0.05, 0) is 11.1 Å². The summed E-state index contributed by atoms with van der Waals surface area (Å²) in [4.78, 5) is 36.1. The lowest BCUT2D eigenvalue weighted by Gasteiger charge is -2.28. The predicted molar refractivity (Wildman–Crippen MR) is 98.6 cm³/mol. The summed E-state index contributed by atoms with van der Waals surface area (Å²) < 4.78 is 5.20. The highest BCUT2D eigenvalue weighted by molar-refractivity contribution is 5.94. The zero-order chi connectivity index (χ0) is 19.1. The highest BCUT2D eigenvalue weighted by atomic mass is 16.5. The molecule has 140 valence electrons. The van der Waals surface area contributed by atoms with E-state index in [1.165, 1.54) is 0 Å². The Kier molecular flexibility index (Phi) is 6.04. The fourth-order valence-corrected chi connectivity index (χ4v) is 2.64. The van der Waals surface area contributed by atoms with Crippen LogP contribution >= 0.6 is 0 Å². The first kappa shape index (κ1) is 18.4. The molecular formula is C20H21N3O4. The average molecular weight is 367 g/mol. The number of amides is 3. The number of rotatable bonds is 7. The summed E-state index contributed by atoms with van der Waals surface area (Å²) in [5, 5.41) is 7.81. The van der Waals surface area contributed by atoms with Gasteiger partial charge < -0.3 is 20.7 Å². The van der Waals surface area contributed by atoms with Crippen molar-refractivity contribution in [2.45, 2.75) is 25.1 Å². The van der Waals surface area contributed by atoms with Gasteiger partial charge in [-0.25, -0.2) is 4.79 Å². The van der Waals surface area contributed by atoms with Crippen molar-refractivity contribution in [3.05, 3.63) is 71.8 Å². The molecule has 1 aliphatic rings. The van der Waals surface area contributed by atoms with Gasteiger partial charge in [0.05, 0.1) is 0 Å². The number of carbonyl (C=O) groups excluding carboxylic acids is 3. The zero-order valence-electron chi connectivity index (χ0n) is 14.7.